The number of fused-ring (bicyclic) bond motifs is 5. The SMILES string of the molecule is O=C(Cn1ccc2ccc(Cl)cc21)N1CC2C[C@@H](C1)Cn1c2ccc([NH+]([O-])O)c1=O. The molecule has 0 radical (unpaired) electrons. The molecule has 2 aromatic heterocycles. The van der Waals surface area contributed by atoms with Crippen molar-refractivity contribution in [1.82, 2.24) is 14.0 Å². The molecule has 8 nitrogen and oxygen atoms in total. The van der Waals surface area contributed by atoms with Crippen molar-refractivity contribution in [2.45, 2.75) is 25.4 Å². The summed E-state index contributed by atoms with van der Waals surface area (Å²) >= 11 is 6.12. The van der Waals surface area contributed by atoms with E-state index in [2.05, 4.69) is 0 Å². The minimum absolute atomic E-state index is 0.0279. The summed E-state index contributed by atoms with van der Waals surface area (Å²) < 4.78 is 3.50. The van der Waals surface area contributed by atoms with Crippen LogP contribution in [0, 0.1) is 11.1 Å². The maximum absolute atomic E-state index is 13.1. The Morgan fingerprint density at radius 1 is 1.20 bits per heavy atom. The van der Waals surface area contributed by atoms with Crippen molar-refractivity contribution in [3.63, 3.8) is 0 Å². The van der Waals surface area contributed by atoms with Gasteiger partial charge in [-0.1, -0.05) is 17.7 Å². The highest BCUT2D eigenvalue weighted by molar-refractivity contribution is 6.31. The molecule has 30 heavy (non-hydrogen) atoms. The Morgan fingerprint density at radius 2 is 2.03 bits per heavy atom. The minimum Gasteiger partial charge on any atom is -0.595 e. The van der Waals surface area contributed by atoms with Gasteiger partial charge in [-0.15, -0.1) is 0 Å². The number of nitrogens with zero attached hydrogens (tertiary/aromatic N) is 3. The second-order valence-corrected chi connectivity index (χ2v) is 8.57. The number of piperidine rings is 1. The van der Waals surface area contributed by atoms with Gasteiger partial charge in [-0.25, -0.2) is 5.21 Å². The molecule has 1 saturated heterocycles. The van der Waals surface area contributed by atoms with Crippen molar-refractivity contribution < 1.29 is 15.2 Å². The molecule has 1 aromatic carbocycles. The molecule has 0 aliphatic carbocycles. The molecular weight excluding hydrogens is 408 g/mol. The first-order valence-electron chi connectivity index (χ1n) is 9.90. The van der Waals surface area contributed by atoms with Crippen molar-refractivity contribution >= 4 is 34.1 Å². The Kier molecular flexibility index (Phi) is 4.67. The number of amides is 1. The second kappa shape index (κ2) is 7.24. The predicted molar refractivity (Wildman–Crippen MR) is 111 cm³/mol. The fourth-order valence-electron chi connectivity index (χ4n) is 4.85. The molecule has 156 valence electrons. The van der Waals surface area contributed by atoms with Crippen LogP contribution in [0.2, 0.25) is 5.02 Å². The molecule has 2 aliphatic rings. The summed E-state index contributed by atoms with van der Waals surface area (Å²) in [5.41, 5.74) is 1.08. The number of hydrogen-bond donors (Lipinski definition) is 2. The van der Waals surface area contributed by atoms with Crippen LogP contribution in [-0.4, -0.2) is 38.2 Å². The number of rotatable bonds is 3. The van der Waals surface area contributed by atoms with Crippen LogP contribution in [0.3, 0.4) is 0 Å². The number of carbonyl (C=O) groups is 1. The molecular formula is C21H21ClN4O4. The minimum atomic E-state index is -1.21. The van der Waals surface area contributed by atoms with Crippen LogP contribution in [0.25, 0.3) is 10.9 Å². The van der Waals surface area contributed by atoms with Gasteiger partial charge < -0.3 is 19.2 Å². The van der Waals surface area contributed by atoms with E-state index >= 15 is 0 Å². The molecule has 2 aliphatic heterocycles. The predicted octanol–water partition coefficient (Wildman–Crippen LogP) is 1.51. The lowest BCUT2D eigenvalue weighted by Crippen LogP contribution is -3.00. The maximum atomic E-state index is 13.1. The quantitative estimate of drug-likeness (QED) is 0.618. The van der Waals surface area contributed by atoms with Gasteiger partial charge in [-0.3, -0.25) is 9.59 Å². The van der Waals surface area contributed by atoms with E-state index < -0.39 is 10.8 Å². The zero-order valence-electron chi connectivity index (χ0n) is 16.1. The lowest BCUT2D eigenvalue weighted by atomic mass is 9.83. The number of pyridine rings is 1. The summed E-state index contributed by atoms with van der Waals surface area (Å²) in [6.07, 6.45) is 2.80. The third-order valence-corrected chi connectivity index (χ3v) is 6.46. The fourth-order valence-corrected chi connectivity index (χ4v) is 5.02. The number of benzene rings is 1. The largest absolute Gasteiger partial charge is 0.595 e. The van der Waals surface area contributed by atoms with Gasteiger partial charge in [0.2, 0.25) is 11.6 Å². The third kappa shape index (κ3) is 3.22. The number of quaternary nitrogens is 1. The molecule has 0 saturated carbocycles. The highest BCUT2D eigenvalue weighted by atomic mass is 35.5. The molecule has 3 aromatic rings. The zero-order chi connectivity index (χ0) is 21.0. The molecule has 4 heterocycles. The summed E-state index contributed by atoms with van der Waals surface area (Å²) in [5, 5.41) is 21.0. The molecule has 0 spiro atoms. The first kappa shape index (κ1) is 19.3. The van der Waals surface area contributed by atoms with Crippen molar-refractivity contribution in [2.24, 2.45) is 5.92 Å². The number of likely N-dealkylation sites (tertiary alicyclic amines) is 1. The second-order valence-electron chi connectivity index (χ2n) is 8.14. The van der Waals surface area contributed by atoms with Crippen LogP contribution in [0.15, 0.2) is 47.4 Å². The molecule has 2 unspecified atom stereocenters. The van der Waals surface area contributed by atoms with Gasteiger partial charge in [0, 0.05) is 54.0 Å². The van der Waals surface area contributed by atoms with Gasteiger partial charge in [-0.2, -0.15) is 5.23 Å². The topological polar surface area (TPSA) is 95.0 Å². The normalized spacial score (nSPS) is 21.5. The molecule has 2 bridgehead atoms. The number of hydrogen-bond acceptors (Lipinski definition) is 4. The van der Waals surface area contributed by atoms with Gasteiger partial charge >= 0.3 is 5.56 Å². The molecule has 1 amide bonds. The van der Waals surface area contributed by atoms with Crippen molar-refractivity contribution in [3.05, 3.63) is 68.9 Å². The molecule has 9 heteroatoms. The van der Waals surface area contributed by atoms with Crippen molar-refractivity contribution in [1.29, 1.82) is 0 Å². The van der Waals surface area contributed by atoms with Crippen LogP contribution in [0.4, 0.5) is 5.69 Å². The standard InChI is InChI=1S/C21H21ClN4O4/c22-16-2-1-14-5-6-23(19(14)8-16)12-20(27)24-9-13-7-15(11-24)17-3-4-18(26(29)30)21(28)25(17)10-13/h1-6,8,13,15,26,29H,7,9-12H2/t13-,15?/m0/s1. The Hall–Kier alpha value is -2.65. The number of halogens is 1. The number of aromatic nitrogens is 2. The average molecular weight is 429 g/mol. The van der Waals surface area contributed by atoms with Gasteiger partial charge in [0.05, 0.1) is 0 Å². The van der Waals surface area contributed by atoms with E-state index in [1.54, 1.807) is 10.6 Å². The highest BCUT2D eigenvalue weighted by Crippen LogP contribution is 2.35. The van der Waals surface area contributed by atoms with Gasteiger partial charge in [0.25, 0.3) is 0 Å². The van der Waals surface area contributed by atoms with E-state index in [0.29, 0.717) is 24.7 Å². The van der Waals surface area contributed by atoms with E-state index in [1.165, 1.54) is 6.07 Å². The van der Waals surface area contributed by atoms with Gasteiger partial charge in [0.15, 0.2) is 0 Å². The molecule has 1 fully saturated rings. The third-order valence-electron chi connectivity index (χ3n) is 6.23. The summed E-state index contributed by atoms with van der Waals surface area (Å²) in [6.45, 7) is 1.77. The van der Waals surface area contributed by atoms with Crippen LogP contribution in [0.5, 0.6) is 0 Å². The Balaban J connectivity index is 1.38. The van der Waals surface area contributed by atoms with Crippen LogP contribution in [0.1, 0.15) is 18.0 Å². The molecule has 3 atom stereocenters. The fraction of sp³-hybridized carbons (Fsp3) is 0.333. The van der Waals surface area contributed by atoms with Gasteiger partial charge in [0.1, 0.15) is 6.54 Å². The van der Waals surface area contributed by atoms with E-state index in [9.17, 15) is 20.0 Å². The van der Waals surface area contributed by atoms with Crippen LogP contribution in [-0.2, 0) is 17.9 Å². The Labute approximate surface area is 177 Å². The maximum Gasteiger partial charge on any atom is 0.315 e. The lowest BCUT2D eigenvalue weighted by Gasteiger charge is -2.43. The highest BCUT2D eigenvalue weighted by Gasteiger charge is 2.37. The molecule has 5 rings (SSSR count). The van der Waals surface area contributed by atoms with E-state index in [-0.39, 0.29) is 30.0 Å². The Morgan fingerprint density at radius 3 is 2.83 bits per heavy atom. The van der Waals surface area contributed by atoms with Crippen molar-refractivity contribution in [3.8, 4) is 0 Å². The number of carbonyl (C=O) groups excluding carboxylic acids is 1. The molecule has 2 N–H and O–H groups in total. The van der Waals surface area contributed by atoms with Gasteiger partial charge in [-0.05, 0) is 42.0 Å². The van der Waals surface area contributed by atoms with E-state index in [4.69, 9.17) is 11.6 Å². The first-order chi connectivity index (χ1) is 14.4. The summed E-state index contributed by atoms with van der Waals surface area (Å²) in [5.74, 6) is 0.200. The lowest BCUT2D eigenvalue weighted by molar-refractivity contribution is -0.992. The van der Waals surface area contributed by atoms with Crippen LogP contribution < -0.4 is 10.8 Å². The summed E-state index contributed by atoms with van der Waals surface area (Å²) in [7, 11) is 0. The Bertz CT molecular complexity index is 1200. The average Bonchev–Trinajstić information content (AvgIpc) is 3.10. The summed E-state index contributed by atoms with van der Waals surface area (Å²) in [4.78, 5) is 27.5. The smallest absolute Gasteiger partial charge is 0.315 e. The van der Waals surface area contributed by atoms with E-state index in [0.717, 1.165) is 23.0 Å². The van der Waals surface area contributed by atoms with Crippen LogP contribution >= 0.6 is 11.6 Å². The van der Waals surface area contributed by atoms with Crippen molar-refractivity contribution in [2.75, 3.05) is 13.1 Å². The monoisotopic (exact) mass is 428 g/mol. The first-order valence-corrected chi connectivity index (χ1v) is 10.3. The number of nitrogens with one attached hydrogen (secondary N) is 1. The van der Waals surface area contributed by atoms with E-state index in [1.807, 2.05) is 39.9 Å². The summed E-state index contributed by atoms with van der Waals surface area (Å²) in [6, 6.07) is 10.7. The zero-order valence-corrected chi connectivity index (χ0v) is 16.9.